The maximum absolute atomic E-state index is 10.1. The molecule has 3 heterocycles. The molecule has 1 fully saturated rings. The quantitative estimate of drug-likeness (QED) is 0.0960. The number of aldehydes is 1. The van der Waals surface area contributed by atoms with Crippen LogP contribution in [0, 0.1) is 6.42 Å². The van der Waals surface area contributed by atoms with Gasteiger partial charge >= 0.3 is 23.1 Å². The fourth-order valence-electron chi connectivity index (χ4n) is 2.72. The number of ether oxygens (including phenoxy) is 1. The standard InChI is InChI=1S/C11H8Cl2N2O.C7H6O.C4HBrCl2N2.C4H8O.C3H7.ClH.Mg/c12-10-8(6-14-11(13)15-10)9(16)7-4-2-1-3-5-7;8-6-7-4-2-1-3-5-7;5-2-1-8-4(7)9-3(2)6;1-2-4-5-3-1;1-3-2;;/h1-6,9,16H;1-6H;1H;1-4H2;3H,1-2H3;1H;/q;;;;-1;;+2/p-1. The number of carbonyl (C=O) groups is 1. The summed E-state index contributed by atoms with van der Waals surface area (Å²) in [5, 5.41) is 10.8. The number of aliphatic hydroxyl groups is 1. The molecule has 0 spiro atoms. The largest absolute Gasteiger partial charge is 2.00 e. The Kier molecular flexibility index (Phi) is 27.9. The molecule has 1 atom stereocenters. The molecular formula is C29H30BrCl5MgN4O3. The molecule has 0 amide bonds. The minimum Gasteiger partial charge on any atom is -1.00 e. The SMILES string of the molecule is C1CCOC1.C[CH-]C.Clc1ncc(Br)c(Cl)n1.O=Cc1ccccc1.OC(c1ccccc1)c1cnc(Cl)nc1Cl.[Cl-].[Mg+2]. The zero-order chi connectivity index (χ0) is 30.5. The van der Waals surface area contributed by atoms with Crippen LogP contribution in [-0.2, 0) is 4.74 Å². The number of halogens is 6. The summed E-state index contributed by atoms with van der Waals surface area (Å²) in [4.78, 5) is 24.9. The molecule has 0 aliphatic carbocycles. The van der Waals surface area contributed by atoms with Gasteiger partial charge in [-0.3, -0.25) is 4.79 Å². The third kappa shape index (κ3) is 19.8. The van der Waals surface area contributed by atoms with Crippen molar-refractivity contribution in [2.75, 3.05) is 13.2 Å². The van der Waals surface area contributed by atoms with Crippen molar-refractivity contribution in [1.29, 1.82) is 0 Å². The Hall–Kier alpha value is -1.11. The van der Waals surface area contributed by atoms with Gasteiger partial charge in [0.05, 0.1) is 4.47 Å². The summed E-state index contributed by atoms with van der Waals surface area (Å²) in [5.41, 5.74) is 1.90. The molecule has 2 aromatic heterocycles. The second kappa shape index (κ2) is 27.2. The van der Waals surface area contributed by atoms with Crippen LogP contribution in [0.5, 0.6) is 0 Å². The molecule has 0 saturated carbocycles. The number of aromatic nitrogens is 4. The Morgan fingerprint density at radius 2 is 1.33 bits per heavy atom. The van der Waals surface area contributed by atoms with Crippen molar-refractivity contribution in [1.82, 2.24) is 19.9 Å². The number of hydrogen-bond acceptors (Lipinski definition) is 7. The number of aliphatic hydroxyl groups excluding tert-OH is 1. The smallest absolute Gasteiger partial charge is 1.00 e. The summed E-state index contributed by atoms with van der Waals surface area (Å²) in [6.07, 6.45) is 7.47. The van der Waals surface area contributed by atoms with E-state index in [1.54, 1.807) is 24.3 Å². The molecule has 1 aliphatic heterocycles. The van der Waals surface area contributed by atoms with Gasteiger partial charge in [0.25, 0.3) is 0 Å². The third-order valence-corrected chi connectivity index (χ3v) is 6.35. The minimum atomic E-state index is -0.842. The Balaban J connectivity index is 0. The van der Waals surface area contributed by atoms with Gasteiger partial charge in [-0.2, -0.15) is 13.8 Å². The van der Waals surface area contributed by atoms with Gasteiger partial charge in [-0.05, 0) is 57.5 Å². The number of carbonyl (C=O) groups excluding carboxylic acids is 1. The van der Waals surface area contributed by atoms with E-state index in [1.807, 2.05) is 56.7 Å². The zero-order valence-electron chi connectivity index (χ0n) is 23.5. The fraction of sp³-hybridized carbons (Fsp3) is 0.241. The van der Waals surface area contributed by atoms with E-state index in [-0.39, 0.29) is 51.2 Å². The molecule has 1 saturated heterocycles. The van der Waals surface area contributed by atoms with Crippen LogP contribution in [0.1, 0.15) is 54.3 Å². The van der Waals surface area contributed by atoms with Gasteiger partial charge in [-0.1, -0.05) is 83.9 Å². The van der Waals surface area contributed by atoms with E-state index in [9.17, 15) is 9.90 Å². The van der Waals surface area contributed by atoms with Crippen LogP contribution in [0.25, 0.3) is 0 Å². The number of rotatable bonds is 3. The normalized spacial score (nSPS) is 11.4. The van der Waals surface area contributed by atoms with Crippen LogP contribution in [0.4, 0.5) is 0 Å². The van der Waals surface area contributed by atoms with Crippen molar-refractivity contribution in [3.8, 4) is 0 Å². The van der Waals surface area contributed by atoms with Crippen molar-refractivity contribution in [3.05, 3.63) is 122 Å². The maximum Gasteiger partial charge on any atom is 2.00 e. The van der Waals surface area contributed by atoms with Crippen LogP contribution in [-0.4, -0.2) is 67.6 Å². The van der Waals surface area contributed by atoms with E-state index in [4.69, 9.17) is 51.1 Å². The van der Waals surface area contributed by atoms with Crippen molar-refractivity contribution < 1.29 is 27.0 Å². The summed E-state index contributed by atoms with van der Waals surface area (Å²) in [5.74, 6) is 0. The van der Waals surface area contributed by atoms with E-state index in [2.05, 4.69) is 35.9 Å². The first-order valence-electron chi connectivity index (χ1n) is 12.3. The monoisotopic (exact) mass is 760 g/mol. The van der Waals surface area contributed by atoms with Crippen molar-refractivity contribution in [3.63, 3.8) is 0 Å². The number of hydrogen-bond donors (Lipinski definition) is 1. The van der Waals surface area contributed by atoms with E-state index < -0.39 is 6.10 Å². The number of nitrogens with zero attached hydrogens (tertiary/aromatic N) is 4. The second-order valence-electron chi connectivity index (χ2n) is 7.90. The van der Waals surface area contributed by atoms with E-state index in [0.29, 0.717) is 15.2 Å². The molecule has 228 valence electrons. The average Bonchev–Trinajstić information content (AvgIpc) is 3.58. The van der Waals surface area contributed by atoms with Crippen molar-refractivity contribution in [2.24, 2.45) is 0 Å². The molecule has 5 rings (SSSR count). The molecule has 1 aliphatic rings. The van der Waals surface area contributed by atoms with E-state index in [0.717, 1.165) is 30.6 Å². The molecule has 14 heteroatoms. The molecule has 0 radical (unpaired) electrons. The summed E-state index contributed by atoms with van der Waals surface area (Å²) in [6.45, 7) is 6.00. The number of benzene rings is 2. The predicted octanol–water partition coefficient (Wildman–Crippen LogP) is 5.56. The molecule has 1 unspecified atom stereocenters. The Labute approximate surface area is 303 Å². The topological polar surface area (TPSA) is 98.1 Å². The molecule has 2 aromatic carbocycles. The van der Waals surface area contributed by atoms with Crippen molar-refractivity contribution in [2.45, 2.75) is 32.8 Å². The van der Waals surface area contributed by atoms with Gasteiger partial charge in [-0.15, -0.1) is 0 Å². The van der Waals surface area contributed by atoms with Gasteiger partial charge in [0.15, 0.2) is 0 Å². The third-order valence-electron chi connectivity index (χ3n) is 4.58. The van der Waals surface area contributed by atoms with Gasteiger partial charge < -0.3 is 28.7 Å². The molecule has 43 heavy (non-hydrogen) atoms. The average molecular weight is 764 g/mol. The van der Waals surface area contributed by atoms with Crippen molar-refractivity contribution >= 4 is 91.7 Å². The van der Waals surface area contributed by atoms with Gasteiger partial charge in [-0.25, -0.2) is 19.9 Å². The van der Waals surface area contributed by atoms with Crippen LogP contribution in [0.15, 0.2) is 77.5 Å². The van der Waals surface area contributed by atoms with Gasteiger partial charge in [0, 0.05) is 36.7 Å². The zero-order valence-corrected chi connectivity index (χ0v) is 30.3. The van der Waals surface area contributed by atoms with Crippen LogP contribution >= 0.6 is 62.3 Å². The Bertz CT molecular complexity index is 1270. The second-order valence-corrected chi connectivity index (χ2v) is 10.1. The molecular weight excluding hydrogens is 734 g/mol. The molecule has 7 nitrogen and oxygen atoms in total. The predicted molar refractivity (Wildman–Crippen MR) is 176 cm³/mol. The summed E-state index contributed by atoms with van der Waals surface area (Å²) >= 11 is 25.5. The fourth-order valence-corrected chi connectivity index (χ4v) is 3.62. The van der Waals surface area contributed by atoms with E-state index in [1.165, 1.54) is 25.2 Å². The Morgan fingerprint density at radius 1 is 0.860 bits per heavy atom. The molecule has 1 N–H and O–H groups in total. The first-order valence-corrected chi connectivity index (χ1v) is 14.6. The summed E-state index contributed by atoms with van der Waals surface area (Å²) in [6, 6.07) is 18.2. The van der Waals surface area contributed by atoms with Gasteiger partial charge in [0.2, 0.25) is 10.6 Å². The van der Waals surface area contributed by atoms with Gasteiger partial charge in [0.1, 0.15) is 22.7 Å². The van der Waals surface area contributed by atoms with Crippen LogP contribution in [0.2, 0.25) is 20.9 Å². The maximum atomic E-state index is 10.1. The molecule has 0 bridgehead atoms. The summed E-state index contributed by atoms with van der Waals surface area (Å²) < 4.78 is 5.59. The Morgan fingerprint density at radius 3 is 1.70 bits per heavy atom. The first kappa shape index (κ1) is 44.0. The first-order chi connectivity index (χ1) is 19.7. The minimum absolute atomic E-state index is 0. The van der Waals surface area contributed by atoms with Crippen LogP contribution in [0.3, 0.4) is 0 Å². The van der Waals surface area contributed by atoms with E-state index >= 15 is 0 Å². The molecule has 4 aromatic rings. The van der Waals surface area contributed by atoms with Crippen LogP contribution < -0.4 is 12.4 Å². The summed E-state index contributed by atoms with van der Waals surface area (Å²) in [7, 11) is 0.